The molecule has 0 unspecified atom stereocenters. The van der Waals surface area contributed by atoms with Crippen molar-refractivity contribution in [2.24, 2.45) is 0 Å². The van der Waals surface area contributed by atoms with Gasteiger partial charge in [-0.05, 0) is 49.8 Å². The van der Waals surface area contributed by atoms with Crippen molar-refractivity contribution < 1.29 is 4.74 Å². The lowest BCUT2D eigenvalue weighted by atomic mass is 9.87. The van der Waals surface area contributed by atoms with Crippen LogP contribution < -0.4 is 5.32 Å². The second-order valence-corrected chi connectivity index (χ2v) is 9.33. The number of aryl methyl sites for hydroxylation is 3. The highest BCUT2D eigenvalue weighted by Crippen LogP contribution is 2.37. The van der Waals surface area contributed by atoms with Crippen molar-refractivity contribution in [3.05, 3.63) is 51.7 Å². The highest BCUT2D eigenvalue weighted by Gasteiger charge is 2.23. The monoisotopic (exact) mass is 408 g/mol. The summed E-state index contributed by atoms with van der Waals surface area (Å²) in [5.41, 5.74) is 4.19. The minimum Gasteiger partial charge on any atom is -0.379 e. The lowest BCUT2D eigenvalue weighted by Crippen LogP contribution is -2.36. The Labute approximate surface area is 176 Å². The van der Waals surface area contributed by atoms with Crippen molar-refractivity contribution in [3.63, 3.8) is 0 Å². The molecule has 0 amide bonds. The number of fused-ring (bicyclic) bond motifs is 2. The van der Waals surface area contributed by atoms with Crippen LogP contribution in [0.25, 0.3) is 10.2 Å². The highest BCUT2D eigenvalue weighted by atomic mass is 32.1. The molecule has 0 bridgehead atoms. The van der Waals surface area contributed by atoms with E-state index in [0.717, 1.165) is 55.7 Å². The molecular weight excluding hydrogens is 380 g/mol. The number of nitrogens with zero attached hydrogens (tertiary/aromatic N) is 3. The summed E-state index contributed by atoms with van der Waals surface area (Å²) in [6, 6.07) is 9.15. The van der Waals surface area contributed by atoms with Gasteiger partial charge in [0.15, 0.2) is 0 Å². The van der Waals surface area contributed by atoms with Gasteiger partial charge in [0.05, 0.1) is 31.2 Å². The van der Waals surface area contributed by atoms with Gasteiger partial charge in [-0.3, -0.25) is 4.90 Å². The first-order chi connectivity index (χ1) is 14.2. The Hall–Kier alpha value is -2.02. The smallest absolute Gasteiger partial charge is 0.146 e. The third kappa shape index (κ3) is 3.77. The van der Waals surface area contributed by atoms with Crippen LogP contribution in [0.3, 0.4) is 0 Å². The summed E-state index contributed by atoms with van der Waals surface area (Å²) in [7, 11) is 0. The van der Waals surface area contributed by atoms with Crippen molar-refractivity contribution in [2.75, 3.05) is 31.6 Å². The van der Waals surface area contributed by atoms with E-state index in [9.17, 15) is 0 Å². The molecule has 1 aromatic carbocycles. The number of nitrogens with one attached hydrogen (secondary N) is 1. The SMILES string of the molecule is Cc1sc2nc(CN3CCOCC3)nc(N[C@H]3CCCc4ccccc43)c2c1C. The van der Waals surface area contributed by atoms with Crippen molar-refractivity contribution in [3.8, 4) is 0 Å². The first-order valence-corrected chi connectivity index (χ1v) is 11.4. The van der Waals surface area contributed by atoms with Crippen molar-refractivity contribution >= 4 is 27.4 Å². The molecule has 1 aliphatic carbocycles. The lowest BCUT2D eigenvalue weighted by molar-refractivity contribution is 0.0331. The van der Waals surface area contributed by atoms with Crippen LogP contribution in [0.1, 0.15) is 46.3 Å². The number of hydrogen-bond acceptors (Lipinski definition) is 6. The summed E-state index contributed by atoms with van der Waals surface area (Å²) >= 11 is 1.78. The van der Waals surface area contributed by atoms with Crippen LogP contribution >= 0.6 is 11.3 Å². The fourth-order valence-corrected chi connectivity index (χ4v) is 5.55. The molecule has 152 valence electrons. The van der Waals surface area contributed by atoms with Gasteiger partial charge in [-0.25, -0.2) is 9.97 Å². The summed E-state index contributed by atoms with van der Waals surface area (Å²) in [5, 5.41) is 5.02. The predicted molar refractivity (Wildman–Crippen MR) is 119 cm³/mol. The molecule has 2 aromatic heterocycles. The van der Waals surface area contributed by atoms with Crippen molar-refractivity contribution in [1.82, 2.24) is 14.9 Å². The molecule has 6 heteroatoms. The average Bonchev–Trinajstić information content (AvgIpc) is 3.03. The Balaban J connectivity index is 1.51. The molecule has 1 aliphatic heterocycles. The van der Waals surface area contributed by atoms with Crippen LogP contribution in [0.2, 0.25) is 0 Å². The Morgan fingerprint density at radius 2 is 2.00 bits per heavy atom. The van der Waals surface area contributed by atoms with Gasteiger partial charge >= 0.3 is 0 Å². The molecule has 0 spiro atoms. The molecule has 3 aromatic rings. The summed E-state index contributed by atoms with van der Waals surface area (Å²) in [6.45, 7) is 8.64. The molecule has 0 saturated carbocycles. The van der Waals surface area contributed by atoms with Crippen LogP contribution in [-0.2, 0) is 17.7 Å². The maximum atomic E-state index is 5.49. The maximum absolute atomic E-state index is 5.49. The summed E-state index contributed by atoms with van der Waals surface area (Å²) in [4.78, 5) is 14.8. The zero-order chi connectivity index (χ0) is 19.8. The molecule has 0 radical (unpaired) electrons. The Kier molecular flexibility index (Phi) is 5.24. The number of hydrogen-bond donors (Lipinski definition) is 1. The fourth-order valence-electron chi connectivity index (χ4n) is 4.50. The summed E-state index contributed by atoms with van der Waals surface area (Å²) in [5.74, 6) is 1.91. The van der Waals surface area contributed by atoms with Gasteiger partial charge in [0.1, 0.15) is 16.5 Å². The van der Waals surface area contributed by atoms with E-state index in [1.807, 2.05) is 0 Å². The quantitative estimate of drug-likeness (QED) is 0.682. The molecule has 1 saturated heterocycles. The Bertz CT molecular complexity index is 1030. The third-order valence-corrected chi connectivity index (χ3v) is 7.33. The predicted octanol–water partition coefficient (Wildman–Crippen LogP) is 4.63. The number of morpholine rings is 1. The first kappa shape index (κ1) is 19.0. The number of thiophene rings is 1. The zero-order valence-corrected chi connectivity index (χ0v) is 18.0. The Morgan fingerprint density at radius 1 is 1.17 bits per heavy atom. The van der Waals surface area contributed by atoms with E-state index in [1.54, 1.807) is 11.3 Å². The number of rotatable bonds is 4. The molecule has 29 heavy (non-hydrogen) atoms. The van der Waals surface area contributed by atoms with Crippen LogP contribution in [0.5, 0.6) is 0 Å². The van der Waals surface area contributed by atoms with Gasteiger partial charge in [-0.15, -0.1) is 11.3 Å². The van der Waals surface area contributed by atoms with E-state index in [4.69, 9.17) is 14.7 Å². The first-order valence-electron chi connectivity index (χ1n) is 10.6. The molecule has 1 N–H and O–H groups in total. The van der Waals surface area contributed by atoms with E-state index < -0.39 is 0 Å². The normalized spacial score (nSPS) is 20.0. The summed E-state index contributed by atoms with van der Waals surface area (Å²) in [6.07, 6.45) is 3.53. The van der Waals surface area contributed by atoms with Gasteiger partial charge in [0, 0.05) is 18.0 Å². The van der Waals surface area contributed by atoms with E-state index in [1.165, 1.54) is 39.8 Å². The Morgan fingerprint density at radius 3 is 2.86 bits per heavy atom. The fraction of sp³-hybridized carbons (Fsp3) is 0.478. The number of anilines is 1. The van der Waals surface area contributed by atoms with Crippen LogP contribution in [0.15, 0.2) is 24.3 Å². The zero-order valence-electron chi connectivity index (χ0n) is 17.2. The molecule has 5 rings (SSSR count). The molecular formula is C23H28N4OS. The average molecular weight is 409 g/mol. The molecule has 1 atom stereocenters. The molecule has 1 fully saturated rings. The minimum atomic E-state index is 0.314. The second-order valence-electron chi connectivity index (χ2n) is 8.13. The van der Waals surface area contributed by atoms with Crippen LogP contribution in [-0.4, -0.2) is 41.2 Å². The number of ether oxygens (including phenoxy) is 1. The molecule has 3 heterocycles. The van der Waals surface area contributed by atoms with Gasteiger partial charge in [0.2, 0.25) is 0 Å². The van der Waals surface area contributed by atoms with E-state index >= 15 is 0 Å². The standard InChI is InChI=1S/C23H28N4OS/c1-15-16(2)29-23-21(15)22(25-20(26-23)14-27-10-12-28-13-11-27)24-19-9-5-7-17-6-3-4-8-18(17)19/h3-4,6,8,19H,5,7,9-14H2,1-2H3,(H,24,25,26)/t19-/m0/s1. The summed E-state index contributed by atoms with van der Waals surface area (Å²) < 4.78 is 5.49. The lowest BCUT2D eigenvalue weighted by Gasteiger charge is -2.28. The van der Waals surface area contributed by atoms with E-state index in [0.29, 0.717) is 6.04 Å². The third-order valence-electron chi connectivity index (χ3n) is 6.22. The van der Waals surface area contributed by atoms with E-state index in [2.05, 4.69) is 48.3 Å². The minimum absolute atomic E-state index is 0.314. The van der Waals surface area contributed by atoms with Crippen LogP contribution in [0, 0.1) is 13.8 Å². The topological polar surface area (TPSA) is 50.3 Å². The number of benzene rings is 1. The second kappa shape index (κ2) is 8.01. The molecule has 2 aliphatic rings. The van der Waals surface area contributed by atoms with Crippen LogP contribution in [0.4, 0.5) is 5.82 Å². The number of aromatic nitrogens is 2. The van der Waals surface area contributed by atoms with E-state index in [-0.39, 0.29) is 0 Å². The largest absolute Gasteiger partial charge is 0.379 e. The van der Waals surface area contributed by atoms with Crippen molar-refractivity contribution in [1.29, 1.82) is 0 Å². The van der Waals surface area contributed by atoms with Crippen molar-refractivity contribution in [2.45, 2.75) is 45.7 Å². The highest BCUT2D eigenvalue weighted by molar-refractivity contribution is 7.18. The van der Waals surface area contributed by atoms with Gasteiger partial charge in [-0.1, -0.05) is 24.3 Å². The maximum Gasteiger partial charge on any atom is 0.146 e. The van der Waals surface area contributed by atoms with Gasteiger partial charge < -0.3 is 10.1 Å². The molecule has 5 nitrogen and oxygen atoms in total. The van der Waals surface area contributed by atoms with Gasteiger partial charge in [-0.2, -0.15) is 0 Å². The van der Waals surface area contributed by atoms with Gasteiger partial charge in [0.25, 0.3) is 0 Å².